The number of halogens is 3. The Labute approximate surface area is 119 Å². The summed E-state index contributed by atoms with van der Waals surface area (Å²) < 4.78 is 48.4. The number of alkyl halides is 3. The number of allylic oxidation sites excluding steroid dienone is 2. The van der Waals surface area contributed by atoms with Crippen molar-refractivity contribution in [3.63, 3.8) is 0 Å². The molecule has 0 aromatic carbocycles. The van der Waals surface area contributed by atoms with E-state index in [0.29, 0.717) is 17.6 Å². The minimum Gasteiger partial charge on any atom is -0.447 e. The molecule has 116 valence electrons. The van der Waals surface area contributed by atoms with Gasteiger partial charge in [0.15, 0.2) is 11.5 Å². The Morgan fingerprint density at radius 3 is 2.52 bits per heavy atom. The second kappa shape index (κ2) is 4.25. The van der Waals surface area contributed by atoms with Gasteiger partial charge in [-0.15, -0.1) is 0 Å². The molecule has 0 bridgehead atoms. The largest absolute Gasteiger partial charge is 0.464 e. The molecule has 0 saturated carbocycles. The number of hydrogen-bond donors (Lipinski definition) is 1. The van der Waals surface area contributed by atoms with Crippen LogP contribution in [0.1, 0.15) is 33.1 Å². The van der Waals surface area contributed by atoms with Crippen LogP contribution >= 0.6 is 0 Å². The lowest BCUT2D eigenvalue weighted by atomic mass is 9.72. The highest BCUT2D eigenvalue weighted by molar-refractivity contribution is 6.01. The van der Waals surface area contributed by atoms with Crippen LogP contribution < -0.4 is 0 Å². The van der Waals surface area contributed by atoms with E-state index < -0.39 is 29.8 Å². The normalized spacial score (nSPS) is 31.6. The van der Waals surface area contributed by atoms with Crippen molar-refractivity contribution in [1.82, 2.24) is 0 Å². The molecule has 2 aliphatic carbocycles. The molecular weight excluding hydrogens is 289 g/mol. The lowest BCUT2D eigenvalue weighted by Gasteiger charge is -2.34. The molecule has 4 nitrogen and oxygen atoms in total. The predicted molar refractivity (Wildman–Crippen MR) is 64.7 cm³/mol. The van der Waals surface area contributed by atoms with E-state index in [1.807, 2.05) is 0 Å². The van der Waals surface area contributed by atoms with Gasteiger partial charge in [-0.05, 0) is 19.3 Å². The zero-order chi connectivity index (χ0) is 15.6. The smallest absolute Gasteiger partial charge is 0.447 e. The molecule has 1 N–H and O–H groups in total. The monoisotopic (exact) mass is 304 g/mol. The summed E-state index contributed by atoms with van der Waals surface area (Å²) >= 11 is 0. The maximum atomic E-state index is 12.8. The number of ketones is 1. The number of rotatable bonds is 0. The Morgan fingerprint density at radius 2 is 1.90 bits per heavy atom. The SMILES string of the molecule is CC1(C)CC2=C(CCC(O)C2=O)C2=C1OC(C(F)(F)F)O2. The third-order valence-electron chi connectivity index (χ3n) is 4.06. The van der Waals surface area contributed by atoms with Crippen molar-refractivity contribution < 1.29 is 32.5 Å². The molecule has 0 fully saturated rings. The number of carbonyl (C=O) groups excluding carboxylic acids is 1. The Morgan fingerprint density at radius 1 is 1.24 bits per heavy atom. The van der Waals surface area contributed by atoms with E-state index in [0.717, 1.165) is 0 Å². The fraction of sp³-hybridized carbons (Fsp3) is 0.643. The average molecular weight is 304 g/mol. The number of aliphatic hydroxyl groups is 1. The van der Waals surface area contributed by atoms with E-state index in [1.165, 1.54) is 0 Å². The lowest BCUT2D eigenvalue weighted by molar-refractivity contribution is -0.272. The number of Topliss-reactive ketones (excluding diaryl/α,β-unsaturated/α-hetero) is 1. The van der Waals surface area contributed by atoms with Crippen molar-refractivity contribution >= 4 is 5.78 Å². The van der Waals surface area contributed by atoms with Crippen LogP contribution in [0.25, 0.3) is 0 Å². The fourth-order valence-corrected chi connectivity index (χ4v) is 3.03. The molecule has 0 aromatic rings. The summed E-state index contributed by atoms with van der Waals surface area (Å²) in [5.74, 6) is -0.244. The van der Waals surface area contributed by atoms with Crippen LogP contribution in [0.15, 0.2) is 22.7 Å². The molecule has 3 rings (SSSR count). The standard InChI is InChI=1S/C14H15F3O4/c1-13(2)5-7-6(3-4-8(18)9(7)19)10-11(13)21-12(20-10)14(15,16)17/h8,12,18H,3-5H2,1-2H3. The highest BCUT2D eigenvalue weighted by atomic mass is 19.4. The van der Waals surface area contributed by atoms with Crippen molar-refractivity contribution in [2.45, 2.75) is 51.7 Å². The Bertz CT molecular complexity index is 571. The zero-order valence-electron chi connectivity index (χ0n) is 11.6. The Balaban J connectivity index is 2.04. The third-order valence-corrected chi connectivity index (χ3v) is 4.06. The van der Waals surface area contributed by atoms with Crippen molar-refractivity contribution in [3.8, 4) is 0 Å². The summed E-state index contributed by atoms with van der Waals surface area (Å²) in [5.41, 5.74) is 0.0382. The van der Waals surface area contributed by atoms with Gasteiger partial charge in [0.05, 0.1) is 0 Å². The first-order valence-electron chi connectivity index (χ1n) is 6.71. The summed E-state index contributed by atoms with van der Waals surface area (Å²) in [5, 5.41) is 9.66. The maximum absolute atomic E-state index is 12.8. The van der Waals surface area contributed by atoms with Gasteiger partial charge in [0, 0.05) is 16.6 Å². The molecule has 0 radical (unpaired) electrons. The average Bonchev–Trinajstić information content (AvgIpc) is 2.80. The molecule has 7 heteroatoms. The molecule has 0 spiro atoms. The molecule has 0 aromatic heterocycles. The number of carbonyl (C=O) groups is 1. The van der Waals surface area contributed by atoms with Gasteiger partial charge in [0.25, 0.3) is 0 Å². The van der Waals surface area contributed by atoms with Crippen LogP contribution in [0.2, 0.25) is 0 Å². The first-order valence-corrected chi connectivity index (χ1v) is 6.71. The van der Waals surface area contributed by atoms with E-state index >= 15 is 0 Å². The summed E-state index contributed by atoms with van der Waals surface area (Å²) in [6, 6.07) is 0. The molecular formula is C14H15F3O4. The summed E-state index contributed by atoms with van der Waals surface area (Å²) in [4.78, 5) is 12.1. The highest BCUT2D eigenvalue weighted by Gasteiger charge is 2.54. The molecule has 3 aliphatic rings. The topological polar surface area (TPSA) is 55.8 Å². The van der Waals surface area contributed by atoms with Gasteiger partial charge in [0.1, 0.15) is 11.9 Å². The van der Waals surface area contributed by atoms with Crippen molar-refractivity contribution in [2.24, 2.45) is 5.41 Å². The first-order chi connectivity index (χ1) is 9.61. The van der Waals surface area contributed by atoms with Crippen LogP contribution in [0, 0.1) is 5.41 Å². The molecule has 0 saturated heterocycles. The van der Waals surface area contributed by atoms with E-state index in [9.17, 15) is 23.1 Å². The van der Waals surface area contributed by atoms with Gasteiger partial charge in [-0.3, -0.25) is 4.79 Å². The van der Waals surface area contributed by atoms with Crippen molar-refractivity contribution in [2.75, 3.05) is 0 Å². The summed E-state index contributed by atoms with van der Waals surface area (Å²) in [6.07, 6.45) is -7.30. The van der Waals surface area contributed by atoms with Gasteiger partial charge in [-0.1, -0.05) is 13.8 Å². The Kier molecular flexibility index (Phi) is 2.92. The minimum absolute atomic E-state index is 0.0313. The van der Waals surface area contributed by atoms with Gasteiger partial charge in [-0.25, -0.2) is 0 Å². The molecule has 0 amide bonds. The van der Waals surface area contributed by atoms with Crippen molar-refractivity contribution in [1.29, 1.82) is 0 Å². The highest BCUT2D eigenvalue weighted by Crippen LogP contribution is 2.52. The van der Waals surface area contributed by atoms with E-state index in [2.05, 4.69) is 0 Å². The van der Waals surface area contributed by atoms with Gasteiger partial charge >= 0.3 is 12.5 Å². The van der Waals surface area contributed by atoms with Crippen LogP contribution in [0.4, 0.5) is 13.2 Å². The van der Waals surface area contributed by atoms with E-state index in [1.54, 1.807) is 13.8 Å². The Hall–Kier alpha value is -1.50. The summed E-state index contributed by atoms with van der Waals surface area (Å²) in [6.45, 7) is 3.39. The van der Waals surface area contributed by atoms with Gasteiger partial charge < -0.3 is 14.6 Å². The number of aliphatic hydroxyl groups excluding tert-OH is 1. The predicted octanol–water partition coefficient (Wildman–Crippen LogP) is 2.58. The van der Waals surface area contributed by atoms with Crippen molar-refractivity contribution in [3.05, 3.63) is 22.7 Å². The first kappa shape index (κ1) is 14.4. The van der Waals surface area contributed by atoms with Gasteiger partial charge in [0.2, 0.25) is 0 Å². The van der Waals surface area contributed by atoms with Crippen LogP contribution in [0.3, 0.4) is 0 Å². The lowest BCUT2D eigenvalue weighted by Crippen LogP contribution is -2.34. The maximum Gasteiger partial charge on any atom is 0.464 e. The molecule has 2 atom stereocenters. The van der Waals surface area contributed by atoms with Crippen LogP contribution in [0.5, 0.6) is 0 Å². The minimum atomic E-state index is -4.63. The fourth-order valence-electron chi connectivity index (χ4n) is 3.03. The molecule has 1 aliphatic heterocycles. The summed E-state index contributed by atoms with van der Waals surface area (Å²) in [7, 11) is 0. The van der Waals surface area contributed by atoms with Crippen LogP contribution in [-0.4, -0.2) is 29.5 Å². The molecule has 21 heavy (non-hydrogen) atoms. The van der Waals surface area contributed by atoms with E-state index in [4.69, 9.17) is 9.47 Å². The number of hydrogen-bond acceptors (Lipinski definition) is 4. The third kappa shape index (κ3) is 2.14. The molecule has 1 heterocycles. The number of ether oxygens (including phenoxy) is 2. The number of fused-ring (bicyclic) bond motifs is 1. The quantitative estimate of drug-likeness (QED) is 0.747. The second-order valence-corrected chi connectivity index (χ2v) is 6.20. The second-order valence-electron chi connectivity index (χ2n) is 6.20. The van der Waals surface area contributed by atoms with E-state index in [-0.39, 0.29) is 24.4 Å². The van der Waals surface area contributed by atoms with Crippen LogP contribution in [-0.2, 0) is 14.3 Å². The zero-order valence-corrected chi connectivity index (χ0v) is 11.6. The molecule has 2 unspecified atom stereocenters. The van der Waals surface area contributed by atoms with Gasteiger partial charge in [-0.2, -0.15) is 13.2 Å².